The van der Waals surface area contributed by atoms with E-state index in [-0.39, 0.29) is 6.61 Å². The number of carbonyl (C=O) groups is 1. The van der Waals surface area contributed by atoms with Crippen LogP contribution in [0.3, 0.4) is 0 Å². The maximum atomic E-state index is 12.2. The predicted octanol–water partition coefficient (Wildman–Crippen LogP) is 1.87. The second kappa shape index (κ2) is 8.93. The summed E-state index contributed by atoms with van der Waals surface area (Å²) in [4.78, 5) is 20.7. The number of nitrogens with zero attached hydrogens (tertiary/aromatic N) is 3. The van der Waals surface area contributed by atoms with Crippen LogP contribution in [0.5, 0.6) is 17.2 Å². The van der Waals surface area contributed by atoms with Crippen molar-refractivity contribution in [3.63, 3.8) is 0 Å². The number of amides is 1. The van der Waals surface area contributed by atoms with Crippen LogP contribution in [0.4, 0.5) is 16.3 Å². The molecule has 170 valence electrons. The lowest BCUT2D eigenvalue weighted by atomic mass is 10.1. The summed E-state index contributed by atoms with van der Waals surface area (Å²) < 4.78 is 21.6. The Bertz CT molecular complexity index is 951. The van der Waals surface area contributed by atoms with E-state index in [2.05, 4.69) is 0 Å². The molecule has 3 N–H and O–H groups in total. The predicted molar refractivity (Wildman–Crippen MR) is 117 cm³/mol. The van der Waals surface area contributed by atoms with Crippen molar-refractivity contribution in [3.05, 3.63) is 12.1 Å². The van der Waals surface area contributed by atoms with Gasteiger partial charge in [-0.25, -0.2) is 9.78 Å². The van der Waals surface area contributed by atoms with Gasteiger partial charge in [0.15, 0.2) is 11.5 Å². The van der Waals surface area contributed by atoms with E-state index in [1.165, 1.54) is 7.11 Å². The molecule has 1 amide bonds. The molecule has 1 aromatic heterocycles. The summed E-state index contributed by atoms with van der Waals surface area (Å²) in [6.07, 6.45) is -0.439. The van der Waals surface area contributed by atoms with Crippen LogP contribution in [0.1, 0.15) is 13.8 Å². The van der Waals surface area contributed by atoms with E-state index in [0.29, 0.717) is 65.8 Å². The minimum atomic E-state index is -1.06. The van der Waals surface area contributed by atoms with E-state index in [1.807, 2.05) is 4.90 Å². The highest BCUT2D eigenvalue weighted by atomic mass is 16.6. The number of carbonyl (C=O) groups excluding carboxylic acids is 1. The molecule has 2 heterocycles. The van der Waals surface area contributed by atoms with Gasteiger partial charge in [0, 0.05) is 43.3 Å². The van der Waals surface area contributed by atoms with Gasteiger partial charge in [0.1, 0.15) is 17.9 Å². The smallest absolute Gasteiger partial charge is 0.409 e. The van der Waals surface area contributed by atoms with Gasteiger partial charge >= 0.3 is 6.09 Å². The van der Waals surface area contributed by atoms with Crippen LogP contribution < -0.4 is 24.8 Å². The minimum absolute atomic E-state index is 0.0557. The fraction of sp³-hybridized carbons (Fsp3) is 0.524. The lowest BCUT2D eigenvalue weighted by molar-refractivity contribution is -0.00414. The number of hydrogen-bond acceptors (Lipinski definition) is 9. The molecule has 31 heavy (non-hydrogen) atoms. The quantitative estimate of drug-likeness (QED) is 0.702. The number of fused-ring (bicyclic) bond motifs is 1. The highest BCUT2D eigenvalue weighted by molar-refractivity contribution is 5.99. The number of pyridine rings is 1. The zero-order valence-corrected chi connectivity index (χ0v) is 18.6. The monoisotopic (exact) mass is 434 g/mol. The zero-order valence-electron chi connectivity index (χ0n) is 18.6. The van der Waals surface area contributed by atoms with Crippen LogP contribution in [0.25, 0.3) is 10.9 Å². The number of anilines is 2. The largest absolute Gasteiger partial charge is 0.493 e. The third-order valence-electron chi connectivity index (χ3n) is 5.04. The molecule has 1 aliphatic rings. The molecule has 1 aromatic carbocycles. The molecule has 10 nitrogen and oxygen atoms in total. The van der Waals surface area contributed by atoms with Crippen LogP contribution in [0, 0.1) is 0 Å². The van der Waals surface area contributed by atoms with Crippen LogP contribution >= 0.6 is 0 Å². The minimum Gasteiger partial charge on any atom is -0.493 e. The summed E-state index contributed by atoms with van der Waals surface area (Å²) in [5, 5.41) is 10.4. The molecular formula is C21H30N4O6. The van der Waals surface area contributed by atoms with Crippen molar-refractivity contribution in [2.45, 2.75) is 19.4 Å². The Hall–Kier alpha value is -3.14. The summed E-state index contributed by atoms with van der Waals surface area (Å²) in [6, 6.07) is 3.58. The van der Waals surface area contributed by atoms with Crippen LogP contribution in [-0.4, -0.2) is 80.8 Å². The number of hydrogen-bond donors (Lipinski definition) is 2. The van der Waals surface area contributed by atoms with Crippen molar-refractivity contribution in [1.29, 1.82) is 0 Å². The van der Waals surface area contributed by atoms with Gasteiger partial charge in [0.05, 0.1) is 26.9 Å². The number of nitrogens with two attached hydrogens (primary N) is 1. The number of methoxy groups -OCH3 is 3. The first-order valence-corrected chi connectivity index (χ1v) is 9.96. The van der Waals surface area contributed by atoms with Crippen LogP contribution in [-0.2, 0) is 4.74 Å². The summed E-state index contributed by atoms with van der Waals surface area (Å²) in [5.74, 6) is 2.08. The number of rotatable bonds is 6. The van der Waals surface area contributed by atoms with Crippen molar-refractivity contribution in [2.75, 3.05) is 64.7 Å². The Labute approximate surface area is 181 Å². The Morgan fingerprint density at radius 3 is 2.29 bits per heavy atom. The average Bonchev–Trinajstić information content (AvgIpc) is 2.75. The van der Waals surface area contributed by atoms with E-state index in [0.717, 1.165) is 0 Å². The van der Waals surface area contributed by atoms with Gasteiger partial charge in [0.2, 0.25) is 5.75 Å². The zero-order chi connectivity index (χ0) is 22.8. The molecule has 0 bridgehead atoms. The maximum Gasteiger partial charge on any atom is 0.409 e. The summed E-state index contributed by atoms with van der Waals surface area (Å²) in [5.41, 5.74) is 6.37. The van der Waals surface area contributed by atoms with E-state index in [4.69, 9.17) is 29.7 Å². The van der Waals surface area contributed by atoms with E-state index < -0.39 is 11.7 Å². The molecule has 2 aromatic rings. The molecule has 1 saturated heterocycles. The van der Waals surface area contributed by atoms with Gasteiger partial charge in [0.25, 0.3) is 0 Å². The van der Waals surface area contributed by atoms with Crippen molar-refractivity contribution < 1.29 is 28.8 Å². The van der Waals surface area contributed by atoms with Crippen molar-refractivity contribution in [1.82, 2.24) is 9.88 Å². The third kappa shape index (κ3) is 4.79. The SMILES string of the molecule is COc1cc2c(N)cc(N3CCN(C(=O)OCC(C)(C)O)CC3)nc2c(OC)c1OC. The van der Waals surface area contributed by atoms with Gasteiger partial charge in [-0.1, -0.05) is 0 Å². The summed E-state index contributed by atoms with van der Waals surface area (Å²) >= 11 is 0. The standard InChI is InChI=1S/C21H30N4O6/c1-21(2,27)12-31-20(26)25-8-6-24(7-9-25)16-11-14(22)13-10-15(28-3)18(29-4)19(30-5)17(13)23-16/h10-11,27H,6-9,12H2,1-5H3,(H2,22,23). The molecule has 10 heteroatoms. The molecule has 0 atom stereocenters. The molecule has 1 fully saturated rings. The topological polar surface area (TPSA) is 120 Å². The third-order valence-corrected chi connectivity index (χ3v) is 5.04. The second-order valence-electron chi connectivity index (χ2n) is 7.95. The van der Waals surface area contributed by atoms with Crippen molar-refractivity contribution >= 4 is 28.5 Å². The molecule has 3 rings (SSSR count). The molecule has 0 unspecified atom stereocenters. The van der Waals surface area contributed by atoms with Crippen LogP contribution in [0.15, 0.2) is 12.1 Å². The first kappa shape index (κ1) is 22.5. The van der Waals surface area contributed by atoms with Gasteiger partial charge in [-0.2, -0.15) is 0 Å². The van der Waals surface area contributed by atoms with Gasteiger partial charge < -0.3 is 39.6 Å². The van der Waals surface area contributed by atoms with E-state index >= 15 is 0 Å². The Kier molecular flexibility index (Phi) is 6.49. The summed E-state index contributed by atoms with van der Waals surface area (Å²) in [6.45, 7) is 5.18. The number of benzene rings is 1. The average molecular weight is 434 g/mol. The highest BCUT2D eigenvalue weighted by Gasteiger charge is 2.26. The fourth-order valence-electron chi connectivity index (χ4n) is 3.45. The first-order chi connectivity index (χ1) is 14.7. The molecular weight excluding hydrogens is 404 g/mol. The van der Waals surface area contributed by atoms with Crippen molar-refractivity contribution in [2.24, 2.45) is 0 Å². The van der Waals surface area contributed by atoms with Gasteiger partial charge in [-0.05, 0) is 19.9 Å². The molecule has 0 radical (unpaired) electrons. The molecule has 0 spiro atoms. The lowest BCUT2D eigenvalue weighted by Crippen LogP contribution is -2.49. The number of aromatic nitrogens is 1. The van der Waals surface area contributed by atoms with Gasteiger partial charge in [-0.3, -0.25) is 0 Å². The van der Waals surface area contributed by atoms with E-state index in [9.17, 15) is 9.90 Å². The Morgan fingerprint density at radius 1 is 1.10 bits per heavy atom. The molecule has 1 aliphatic heterocycles. The number of nitrogen functional groups attached to an aromatic ring is 1. The fourth-order valence-corrected chi connectivity index (χ4v) is 3.45. The molecule has 0 saturated carbocycles. The lowest BCUT2D eigenvalue weighted by Gasteiger charge is -2.35. The van der Waals surface area contributed by atoms with Crippen molar-refractivity contribution in [3.8, 4) is 17.2 Å². The second-order valence-corrected chi connectivity index (χ2v) is 7.95. The highest BCUT2D eigenvalue weighted by Crippen LogP contribution is 2.44. The van der Waals surface area contributed by atoms with Crippen LogP contribution in [0.2, 0.25) is 0 Å². The summed E-state index contributed by atoms with van der Waals surface area (Å²) in [7, 11) is 4.63. The van der Waals surface area contributed by atoms with Gasteiger partial charge in [-0.15, -0.1) is 0 Å². The van der Waals surface area contributed by atoms with E-state index in [1.54, 1.807) is 45.1 Å². The number of aliphatic hydroxyl groups is 1. The molecule has 0 aliphatic carbocycles. The number of piperazine rings is 1. The Morgan fingerprint density at radius 2 is 1.74 bits per heavy atom. The number of ether oxygens (including phenoxy) is 4. The Balaban J connectivity index is 1.82. The first-order valence-electron chi connectivity index (χ1n) is 9.96. The normalized spacial score (nSPS) is 14.5. The maximum absolute atomic E-state index is 12.2.